The zero-order chi connectivity index (χ0) is 15.1. The molecule has 0 aromatic heterocycles. The summed E-state index contributed by atoms with van der Waals surface area (Å²) in [6.07, 6.45) is 0. The van der Waals surface area contributed by atoms with E-state index >= 15 is 0 Å². The van der Waals surface area contributed by atoms with Crippen LogP contribution in [0.4, 0.5) is 5.69 Å². The predicted octanol–water partition coefficient (Wildman–Crippen LogP) is 2.04. The van der Waals surface area contributed by atoms with Gasteiger partial charge in [0.15, 0.2) is 0 Å². The average Bonchev–Trinajstić information content (AvgIpc) is 2.45. The van der Waals surface area contributed by atoms with Gasteiger partial charge in [-0.3, -0.25) is 4.90 Å². The first-order valence-corrected chi connectivity index (χ1v) is 6.61. The Bertz CT molecular complexity index is 508. The van der Waals surface area contributed by atoms with Crippen LogP contribution < -0.4 is 5.73 Å². The van der Waals surface area contributed by atoms with E-state index in [1.165, 1.54) is 7.11 Å². The van der Waals surface area contributed by atoms with Gasteiger partial charge in [-0.05, 0) is 25.1 Å². The Hall–Kier alpha value is -2.06. The molecule has 1 aromatic rings. The number of hydrogen-bond donors (Lipinski definition) is 1. The highest BCUT2D eigenvalue weighted by Crippen LogP contribution is 2.20. The number of hydrogen-bond acceptors (Lipinski definition) is 5. The van der Waals surface area contributed by atoms with Gasteiger partial charge in [0.05, 0.1) is 24.7 Å². The molecule has 0 heterocycles. The van der Waals surface area contributed by atoms with Gasteiger partial charge in [0.25, 0.3) is 0 Å². The van der Waals surface area contributed by atoms with Crippen molar-refractivity contribution in [3.05, 3.63) is 29.3 Å². The zero-order valence-electron chi connectivity index (χ0n) is 12.2. The molecule has 0 fully saturated rings. The fourth-order valence-electron chi connectivity index (χ4n) is 2.08. The van der Waals surface area contributed by atoms with E-state index in [2.05, 4.69) is 11.0 Å². The highest BCUT2D eigenvalue weighted by atomic mass is 16.5. The number of rotatable bonds is 6. The lowest BCUT2D eigenvalue weighted by molar-refractivity contribution is 0.0599. The number of nitrogens with two attached hydrogens (primary N) is 1. The Morgan fingerprint density at radius 3 is 2.80 bits per heavy atom. The summed E-state index contributed by atoms with van der Waals surface area (Å²) in [5.41, 5.74) is 7.52. The van der Waals surface area contributed by atoms with E-state index in [1.54, 1.807) is 6.07 Å². The summed E-state index contributed by atoms with van der Waals surface area (Å²) >= 11 is 0. The molecule has 5 heteroatoms. The molecule has 0 saturated carbocycles. The van der Waals surface area contributed by atoms with Gasteiger partial charge in [-0.2, -0.15) is 5.26 Å². The lowest BCUT2D eigenvalue weighted by Gasteiger charge is -2.23. The molecular formula is C15H21N3O2. The van der Waals surface area contributed by atoms with Gasteiger partial charge in [0.1, 0.15) is 0 Å². The predicted molar refractivity (Wildman–Crippen MR) is 77.9 cm³/mol. The number of nitriles is 1. The van der Waals surface area contributed by atoms with Crippen LogP contribution in [0.25, 0.3) is 0 Å². The van der Waals surface area contributed by atoms with Crippen molar-refractivity contribution in [2.24, 2.45) is 5.92 Å². The number of anilines is 1. The topological polar surface area (TPSA) is 79.3 Å². The summed E-state index contributed by atoms with van der Waals surface area (Å²) in [7, 11) is 1.34. The van der Waals surface area contributed by atoms with E-state index in [1.807, 2.05) is 26.0 Å². The third kappa shape index (κ3) is 3.97. The van der Waals surface area contributed by atoms with Crippen molar-refractivity contribution in [1.29, 1.82) is 5.26 Å². The van der Waals surface area contributed by atoms with Gasteiger partial charge in [-0.1, -0.05) is 19.1 Å². The van der Waals surface area contributed by atoms with Crippen LogP contribution in [0.1, 0.15) is 29.8 Å². The zero-order valence-corrected chi connectivity index (χ0v) is 12.2. The summed E-state index contributed by atoms with van der Waals surface area (Å²) < 4.78 is 4.79. The number of carbonyl (C=O) groups excluding carboxylic acids is 1. The summed E-state index contributed by atoms with van der Waals surface area (Å²) in [4.78, 5) is 13.9. The molecule has 0 radical (unpaired) electrons. The van der Waals surface area contributed by atoms with Crippen LogP contribution in [0.15, 0.2) is 18.2 Å². The molecule has 0 saturated heterocycles. The number of benzene rings is 1. The molecule has 108 valence electrons. The van der Waals surface area contributed by atoms with Crippen molar-refractivity contribution < 1.29 is 9.53 Å². The van der Waals surface area contributed by atoms with Crippen LogP contribution in [-0.4, -0.2) is 31.1 Å². The SMILES string of the molecule is CCN(Cc1cccc(N)c1C(=O)OC)CC(C)C#N. The van der Waals surface area contributed by atoms with Crippen molar-refractivity contribution in [2.45, 2.75) is 20.4 Å². The van der Waals surface area contributed by atoms with E-state index in [0.717, 1.165) is 12.1 Å². The number of nitrogens with zero attached hydrogens (tertiary/aromatic N) is 2. The third-order valence-corrected chi connectivity index (χ3v) is 3.17. The van der Waals surface area contributed by atoms with Crippen molar-refractivity contribution in [2.75, 3.05) is 25.9 Å². The second-order valence-corrected chi connectivity index (χ2v) is 4.73. The minimum atomic E-state index is -0.428. The highest BCUT2D eigenvalue weighted by molar-refractivity contribution is 5.96. The number of ether oxygens (including phenoxy) is 1. The molecule has 1 rings (SSSR count). The molecule has 2 N–H and O–H groups in total. The van der Waals surface area contributed by atoms with Crippen molar-refractivity contribution in [3.8, 4) is 6.07 Å². The van der Waals surface area contributed by atoms with E-state index in [-0.39, 0.29) is 5.92 Å². The maximum absolute atomic E-state index is 11.8. The maximum Gasteiger partial charge on any atom is 0.340 e. The van der Waals surface area contributed by atoms with E-state index in [0.29, 0.717) is 24.3 Å². The number of methoxy groups -OCH3 is 1. The van der Waals surface area contributed by atoms with E-state index in [4.69, 9.17) is 15.7 Å². The van der Waals surface area contributed by atoms with Gasteiger partial charge < -0.3 is 10.5 Å². The Morgan fingerprint density at radius 1 is 1.55 bits per heavy atom. The first-order valence-electron chi connectivity index (χ1n) is 6.61. The summed E-state index contributed by atoms with van der Waals surface area (Å²) in [6.45, 7) is 5.92. The van der Waals surface area contributed by atoms with E-state index in [9.17, 15) is 4.79 Å². The normalized spacial score (nSPS) is 11.9. The maximum atomic E-state index is 11.8. The van der Waals surface area contributed by atoms with Crippen molar-refractivity contribution in [1.82, 2.24) is 4.90 Å². The molecule has 1 atom stereocenters. The van der Waals surface area contributed by atoms with Crippen LogP contribution in [0.5, 0.6) is 0 Å². The average molecular weight is 275 g/mol. The van der Waals surface area contributed by atoms with Crippen molar-refractivity contribution in [3.63, 3.8) is 0 Å². The van der Waals surface area contributed by atoms with Gasteiger partial charge >= 0.3 is 5.97 Å². The lowest BCUT2D eigenvalue weighted by Crippen LogP contribution is -2.28. The third-order valence-electron chi connectivity index (χ3n) is 3.17. The molecule has 20 heavy (non-hydrogen) atoms. The van der Waals surface area contributed by atoms with Crippen LogP contribution >= 0.6 is 0 Å². The summed E-state index contributed by atoms with van der Waals surface area (Å²) in [5, 5.41) is 8.90. The van der Waals surface area contributed by atoms with Crippen LogP contribution in [0.3, 0.4) is 0 Å². The highest BCUT2D eigenvalue weighted by Gasteiger charge is 2.17. The monoisotopic (exact) mass is 275 g/mol. The summed E-state index contributed by atoms with van der Waals surface area (Å²) in [5.74, 6) is -0.486. The fraction of sp³-hybridized carbons (Fsp3) is 0.467. The van der Waals surface area contributed by atoms with Gasteiger partial charge in [0, 0.05) is 18.8 Å². The minimum absolute atomic E-state index is 0.0578. The van der Waals surface area contributed by atoms with Gasteiger partial charge in [-0.25, -0.2) is 4.79 Å². The first-order chi connectivity index (χ1) is 9.53. The van der Waals surface area contributed by atoms with Crippen LogP contribution in [0.2, 0.25) is 0 Å². The molecule has 0 aliphatic carbocycles. The largest absolute Gasteiger partial charge is 0.465 e. The second-order valence-electron chi connectivity index (χ2n) is 4.73. The van der Waals surface area contributed by atoms with Crippen LogP contribution in [-0.2, 0) is 11.3 Å². The Kier molecular flexibility index (Phi) is 6.01. The molecule has 0 spiro atoms. The molecule has 0 aliphatic rings. The van der Waals surface area contributed by atoms with E-state index < -0.39 is 5.97 Å². The Morgan fingerprint density at radius 2 is 2.25 bits per heavy atom. The number of nitrogen functional groups attached to an aromatic ring is 1. The smallest absolute Gasteiger partial charge is 0.340 e. The lowest BCUT2D eigenvalue weighted by atomic mass is 10.0. The Balaban J connectivity index is 2.99. The molecule has 1 aromatic carbocycles. The van der Waals surface area contributed by atoms with Crippen molar-refractivity contribution >= 4 is 11.7 Å². The molecule has 5 nitrogen and oxygen atoms in total. The molecule has 0 bridgehead atoms. The minimum Gasteiger partial charge on any atom is -0.465 e. The van der Waals surface area contributed by atoms with Crippen LogP contribution in [0, 0.1) is 17.2 Å². The number of carbonyl (C=O) groups is 1. The standard InChI is InChI=1S/C15H21N3O2/c1-4-18(9-11(2)8-16)10-12-6-5-7-13(17)14(12)15(19)20-3/h5-7,11H,4,9-10,17H2,1-3H3. The second kappa shape index (κ2) is 7.51. The molecule has 0 aliphatic heterocycles. The number of esters is 1. The molecular weight excluding hydrogens is 254 g/mol. The van der Waals surface area contributed by atoms with Gasteiger partial charge in [0.2, 0.25) is 0 Å². The fourth-order valence-corrected chi connectivity index (χ4v) is 2.08. The quantitative estimate of drug-likeness (QED) is 0.635. The Labute approximate surface area is 119 Å². The van der Waals surface area contributed by atoms with Gasteiger partial charge in [-0.15, -0.1) is 0 Å². The summed E-state index contributed by atoms with van der Waals surface area (Å²) in [6, 6.07) is 7.58. The first kappa shape index (κ1) is 16.0. The molecule has 0 amide bonds. The molecule has 1 unspecified atom stereocenters.